The second-order valence-electron chi connectivity index (χ2n) is 7.55. The fraction of sp³-hybridized carbons (Fsp3) is 0.684. The Hall–Kier alpha value is -0.820. The van der Waals surface area contributed by atoms with E-state index in [-0.39, 0.29) is 6.10 Å². The Morgan fingerprint density at radius 2 is 1.70 bits per heavy atom. The van der Waals surface area contributed by atoms with Crippen molar-refractivity contribution < 1.29 is 5.11 Å². The molecule has 1 nitrogen and oxygen atoms in total. The summed E-state index contributed by atoms with van der Waals surface area (Å²) in [5.41, 5.74) is 2.52. The normalized spacial score (nSPS) is 40.0. The van der Waals surface area contributed by atoms with Gasteiger partial charge in [0, 0.05) is 0 Å². The molecule has 20 heavy (non-hydrogen) atoms. The van der Waals surface area contributed by atoms with Gasteiger partial charge in [-0.25, -0.2) is 0 Å². The molecule has 1 unspecified atom stereocenters. The number of hydrogen-bond donors (Lipinski definition) is 1. The Morgan fingerprint density at radius 1 is 1.05 bits per heavy atom. The van der Waals surface area contributed by atoms with Crippen LogP contribution in [0.15, 0.2) is 24.3 Å². The predicted molar refractivity (Wildman–Crippen MR) is 81.3 cm³/mol. The van der Waals surface area contributed by atoms with Crippen LogP contribution in [0.3, 0.4) is 0 Å². The Kier molecular flexibility index (Phi) is 3.14. The van der Waals surface area contributed by atoms with Gasteiger partial charge in [-0.2, -0.15) is 0 Å². The van der Waals surface area contributed by atoms with Crippen molar-refractivity contribution in [2.75, 3.05) is 0 Å². The fourth-order valence-electron chi connectivity index (χ4n) is 5.70. The van der Waals surface area contributed by atoms with Gasteiger partial charge in [-0.3, -0.25) is 0 Å². The van der Waals surface area contributed by atoms with Crippen LogP contribution in [0.5, 0.6) is 0 Å². The first-order chi connectivity index (χ1) is 9.74. The predicted octanol–water partition coefficient (Wildman–Crippen LogP) is 4.35. The Balaban J connectivity index is 1.60. The molecule has 0 aliphatic heterocycles. The van der Waals surface area contributed by atoms with E-state index in [1.165, 1.54) is 43.2 Å². The molecule has 1 atom stereocenters. The highest BCUT2D eigenvalue weighted by atomic mass is 16.3. The van der Waals surface area contributed by atoms with Crippen LogP contribution in [0.4, 0.5) is 0 Å². The number of benzene rings is 1. The largest absolute Gasteiger partial charge is 0.388 e. The van der Waals surface area contributed by atoms with Crippen molar-refractivity contribution >= 4 is 0 Å². The van der Waals surface area contributed by atoms with Gasteiger partial charge in [-0.1, -0.05) is 31.2 Å². The van der Waals surface area contributed by atoms with Gasteiger partial charge in [0.2, 0.25) is 0 Å². The van der Waals surface area contributed by atoms with Crippen LogP contribution in [-0.4, -0.2) is 5.11 Å². The average Bonchev–Trinajstić information content (AvgIpc) is 2.46. The summed E-state index contributed by atoms with van der Waals surface area (Å²) in [5, 5.41) is 11.0. The average molecular weight is 270 g/mol. The molecule has 4 aliphatic carbocycles. The molecule has 4 fully saturated rings. The van der Waals surface area contributed by atoms with Gasteiger partial charge in [0.25, 0.3) is 0 Å². The van der Waals surface area contributed by atoms with Crippen molar-refractivity contribution in [2.24, 2.45) is 29.6 Å². The third kappa shape index (κ3) is 2.02. The number of aliphatic hydroxyl groups is 1. The zero-order valence-electron chi connectivity index (χ0n) is 12.5. The number of rotatable bonds is 3. The molecule has 0 amide bonds. The minimum atomic E-state index is -0.225. The molecule has 108 valence electrons. The van der Waals surface area contributed by atoms with E-state index in [1.807, 2.05) is 0 Å². The van der Waals surface area contributed by atoms with E-state index in [2.05, 4.69) is 31.2 Å². The van der Waals surface area contributed by atoms with E-state index < -0.39 is 0 Å². The molecule has 0 spiro atoms. The SMILES string of the molecule is CCc1cccc(C(O)C2C3CC4CC(C3)CC2C4)c1. The lowest BCUT2D eigenvalue weighted by atomic mass is 9.50. The summed E-state index contributed by atoms with van der Waals surface area (Å²) in [7, 11) is 0. The van der Waals surface area contributed by atoms with Crippen LogP contribution in [0.25, 0.3) is 0 Å². The molecule has 1 heteroatoms. The molecule has 1 aromatic rings. The van der Waals surface area contributed by atoms with Crippen LogP contribution >= 0.6 is 0 Å². The maximum atomic E-state index is 11.0. The Bertz CT molecular complexity index is 464. The van der Waals surface area contributed by atoms with E-state index in [0.717, 1.165) is 30.1 Å². The molecule has 4 saturated carbocycles. The summed E-state index contributed by atoms with van der Waals surface area (Å²) in [5.74, 6) is 4.11. The maximum absolute atomic E-state index is 11.0. The molecule has 1 aromatic carbocycles. The van der Waals surface area contributed by atoms with Gasteiger partial charge in [0.1, 0.15) is 0 Å². The molecule has 5 rings (SSSR count). The highest BCUT2D eigenvalue weighted by Gasteiger charge is 2.50. The minimum Gasteiger partial charge on any atom is -0.388 e. The first-order valence-electron chi connectivity index (χ1n) is 8.51. The highest BCUT2D eigenvalue weighted by molar-refractivity contribution is 5.26. The van der Waals surface area contributed by atoms with Crippen molar-refractivity contribution in [2.45, 2.75) is 51.6 Å². The lowest BCUT2D eigenvalue weighted by Crippen LogP contribution is -2.47. The second kappa shape index (κ2) is 4.87. The number of aliphatic hydroxyl groups excluding tert-OH is 1. The van der Waals surface area contributed by atoms with Crippen molar-refractivity contribution in [3.05, 3.63) is 35.4 Å². The van der Waals surface area contributed by atoms with Crippen LogP contribution < -0.4 is 0 Å². The summed E-state index contributed by atoms with van der Waals surface area (Å²) in [6.45, 7) is 2.19. The molecular formula is C19H26O. The zero-order valence-corrected chi connectivity index (χ0v) is 12.5. The lowest BCUT2D eigenvalue weighted by molar-refractivity contribution is -0.0908. The van der Waals surface area contributed by atoms with Crippen LogP contribution in [0.1, 0.15) is 56.3 Å². The molecule has 0 radical (unpaired) electrons. The summed E-state index contributed by atoms with van der Waals surface area (Å²) in [6.07, 6.45) is 7.88. The highest BCUT2D eigenvalue weighted by Crippen LogP contribution is 2.59. The molecule has 4 aliphatic rings. The van der Waals surface area contributed by atoms with Gasteiger partial charge in [0.15, 0.2) is 0 Å². The van der Waals surface area contributed by atoms with Gasteiger partial charge >= 0.3 is 0 Å². The number of hydrogen-bond acceptors (Lipinski definition) is 1. The van der Waals surface area contributed by atoms with E-state index in [1.54, 1.807) is 0 Å². The van der Waals surface area contributed by atoms with Crippen LogP contribution in [0.2, 0.25) is 0 Å². The first kappa shape index (κ1) is 12.9. The van der Waals surface area contributed by atoms with E-state index in [4.69, 9.17) is 0 Å². The minimum absolute atomic E-state index is 0.225. The first-order valence-corrected chi connectivity index (χ1v) is 8.51. The molecular weight excluding hydrogens is 244 g/mol. The molecule has 0 saturated heterocycles. The summed E-state index contributed by atoms with van der Waals surface area (Å²) in [4.78, 5) is 0. The zero-order chi connectivity index (χ0) is 13.7. The van der Waals surface area contributed by atoms with E-state index in [0.29, 0.717) is 5.92 Å². The summed E-state index contributed by atoms with van der Waals surface area (Å²) in [6, 6.07) is 8.66. The van der Waals surface area contributed by atoms with Crippen molar-refractivity contribution in [3.8, 4) is 0 Å². The topological polar surface area (TPSA) is 20.2 Å². The monoisotopic (exact) mass is 270 g/mol. The van der Waals surface area contributed by atoms with E-state index >= 15 is 0 Å². The lowest BCUT2D eigenvalue weighted by Gasteiger charge is -2.55. The molecule has 0 aromatic heterocycles. The van der Waals surface area contributed by atoms with Crippen molar-refractivity contribution in [1.29, 1.82) is 0 Å². The Labute approximate surface area is 122 Å². The second-order valence-corrected chi connectivity index (χ2v) is 7.55. The quantitative estimate of drug-likeness (QED) is 0.865. The van der Waals surface area contributed by atoms with Gasteiger partial charge in [-0.05, 0) is 79.2 Å². The third-order valence-electron chi connectivity index (χ3n) is 6.37. The smallest absolute Gasteiger partial charge is 0.0823 e. The fourth-order valence-corrected chi connectivity index (χ4v) is 5.70. The molecule has 0 heterocycles. The molecule has 1 N–H and O–H groups in total. The van der Waals surface area contributed by atoms with Crippen LogP contribution in [0, 0.1) is 29.6 Å². The van der Waals surface area contributed by atoms with Gasteiger partial charge < -0.3 is 5.11 Å². The van der Waals surface area contributed by atoms with Gasteiger partial charge in [-0.15, -0.1) is 0 Å². The van der Waals surface area contributed by atoms with E-state index in [9.17, 15) is 5.11 Å². The third-order valence-corrected chi connectivity index (χ3v) is 6.37. The van der Waals surface area contributed by atoms with Gasteiger partial charge in [0.05, 0.1) is 6.10 Å². The standard InChI is InChI=1S/C19H26O/c1-2-12-4-3-5-15(7-12)19(20)18-16-8-13-6-14(10-16)11-17(18)9-13/h3-5,7,13-14,16-20H,2,6,8-11H2,1H3. The van der Waals surface area contributed by atoms with Crippen LogP contribution in [-0.2, 0) is 6.42 Å². The van der Waals surface area contributed by atoms with Crippen molar-refractivity contribution in [3.63, 3.8) is 0 Å². The summed E-state index contributed by atoms with van der Waals surface area (Å²) < 4.78 is 0. The molecule has 4 bridgehead atoms. The summed E-state index contributed by atoms with van der Waals surface area (Å²) >= 11 is 0. The maximum Gasteiger partial charge on any atom is 0.0823 e. The number of aryl methyl sites for hydroxylation is 1. The van der Waals surface area contributed by atoms with Crippen molar-refractivity contribution in [1.82, 2.24) is 0 Å². The Morgan fingerprint density at radius 3 is 2.30 bits per heavy atom.